The smallest absolute Gasteiger partial charge is 0.274 e. The Morgan fingerprint density at radius 3 is 2.68 bits per heavy atom. The van der Waals surface area contributed by atoms with Crippen molar-refractivity contribution in [2.75, 3.05) is 25.0 Å². The molecule has 0 aromatic carbocycles. The van der Waals surface area contributed by atoms with E-state index in [1.807, 2.05) is 13.8 Å². The maximum absolute atomic E-state index is 12.8. The standard InChI is InChI=1S/C20H26N6O2/c1-13(2)26-19(27)9-8-17(23-26)20(28)24(3)15-11-25(12-15)18-10-14-6-4-5-7-16(14)21-22-18/h8-10,13,15H,4-7,11-12H2,1-3H3. The predicted molar refractivity (Wildman–Crippen MR) is 106 cm³/mol. The molecule has 0 unspecified atom stereocenters. The van der Waals surface area contributed by atoms with Crippen LogP contribution in [-0.2, 0) is 12.8 Å². The molecule has 0 bridgehead atoms. The molecule has 2 aromatic heterocycles. The first kappa shape index (κ1) is 18.6. The van der Waals surface area contributed by atoms with Gasteiger partial charge in [0.15, 0.2) is 5.82 Å². The lowest BCUT2D eigenvalue weighted by Crippen LogP contribution is -2.60. The number of fused-ring (bicyclic) bond motifs is 1. The number of aryl methyl sites for hydroxylation is 2. The summed E-state index contributed by atoms with van der Waals surface area (Å²) in [5.41, 5.74) is 2.54. The van der Waals surface area contributed by atoms with Crippen LogP contribution in [0, 0.1) is 0 Å². The van der Waals surface area contributed by atoms with Crippen LogP contribution in [0.25, 0.3) is 0 Å². The van der Waals surface area contributed by atoms with Crippen molar-refractivity contribution in [3.8, 4) is 0 Å². The molecule has 1 aliphatic heterocycles. The summed E-state index contributed by atoms with van der Waals surface area (Å²) in [6, 6.07) is 5.06. The van der Waals surface area contributed by atoms with Gasteiger partial charge in [0, 0.05) is 26.2 Å². The Labute approximate surface area is 164 Å². The second-order valence-corrected chi connectivity index (χ2v) is 7.95. The molecule has 0 atom stereocenters. The first-order valence-corrected chi connectivity index (χ1v) is 9.91. The van der Waals surface area contributed by atoms with Gasteiger partial charge < -0.3 is 9.80 Å². The minimum Gasteiger partial charge on any atom is -0.351 e. The van der Waals surface area contributed by atoms with Gasteiger partial charge in [0.25, 0.3) is 11.5 Å². The van der Waals surface area contributed by atoms with Crippen LogP contribution in [0.2, 0.25) is 0 Å². The van der Waals surface area contributed by atoms with E-state index in [-0.39, 0.29) is 23.6 Å². The Bertz CT molecular complexity index is 948. The first-order chi connectivity index (χ1) is 13.4. The molecule has 148 valence electrons. The van der Waals surface area contributed by atoms with E-state index in [1.165, 1.54) is 35.2 Å². The van der Waals surface area contributed by atoms with Gasteiger partial charge in [-0.05, 0) is 57.2 Å². The Morgan fingerprint density at radius 1 is 1.18 bits per heavy atom. The largest absolute Gasteiger partial charge is 0.351 e. The number of likely N-dealkylation sites (N-methyl/N-ethyl adjacent to an activating group) is 1. The second kappa shape index (κ2) is 7.33. The van der Waals surface area contributed by atoms with Gasteiger partial charge in [-0.15, -0.1) is 5.10 Å². The molecule has 0 N–H and O–H groups in total. The van der Waals surface area contributed by atoms with Gasteiger partial charge in [-0.2, -0.15) is 10.2 Å². The van der Waals surface area contributed by atoms with Gasteiger partial charge in [0.05, 0.1) is 17.8 Å². The Hall–Kier alpha value is -2.77. The fraction of sp³-hybridized carbons (Fsp3) is 0.550. The fourth-order valence-corrected chi connectivity index (χ4v) is 3.78. The molecule has 1 fully saturated rings. The third kappa shape index (κ3) is 3.39. The summed E-state index contributed by atoms with van der Waals surface area (Å²) in [6.45, 7) is 5.19. The highest BCUT2D eigenvalue weighted by Gasteiger charge is 2.34. The van der Waals surface area contributed by atoms with E-state index < -0.39 is 0 Å². The first-order valence-electron chi connectivity index (χ1n) is 9.91. The molecule has 2 aromatic rings. The Balaban J connectivity index is 1.42. The number of carbonyl (C=O) groups excluding carboxylic acids is 1. The number of anilines is 1. The second-order valence-electron chi connectivity index (χ2n) is 7.95. The molecule has 1 aliphatic carbocycles. The maximum Gasteiger partial charge on any atom is 0.274 e. The van der Waals surface area contributed by atoms with Crippen LogP contribution >= 0.6 is 0 Å². The molecule has 2 aliphatic rings. The maximum atomic E-state index is 12.8. The molecule has 4 rings (SSSR count). The number of aromatic nitrogens is 4. The number of rotatable bonds is 4. The van der Waals surface area contributed by atoms with Crippen LogP contribution in [0.5, 0.6) is 0 Å². The van der Waals surface area contributed by atoms with Crippen LogP contribution in [0.15, 0.2) is 23.0 Å². The van der Waals surface area contributed by atoms with E-state index in [0.717, 1.165) is 37.4 Å². The van der Waals surface area contributed by atoms with Crippen molar-refractivity contribution in [3.63, 3.8) is 0 Å². The normalized spacial score (nSPS) is 16.6. The lowest BCUT2D eigenvalue weighted by Gasteiger charge is -2.44. The SMILES string of the molecule is CC(C)n1nc(C(=O)N(C)C2CN(c3cc4c(nn3)CCCC4)C2)ccc1=O. The van der Waals surface area contributed by atoms with Gasteiger partial charge in [-0.25, -0.2) is 4.68 Å². The zero-order valence-corrected chi connectivity index (χ0v) is 16.6. The van der Waals surface area contributed by atoms with E-state index in [0.29, 0.717) is 5.69 Å². The Kier molecular flexibility index (Phi) is 4.87. The van der Waals surface area contributed by atoms with Crippen LogP contribution in [0.1, 0.15) is 54.5 Å². The molecule has 1 amide bonds. The summed E-state index contributed by atoms with van der Waals surface area (Å²) in [5.74, 6) is 0.722. The molecule has 0 spiro atoms. The minimum absolute atomic E-state index is 0.0894. The summed E-state index contributed by atoms with van der Waals surface area (Å²) in [7, 11) is 1.79. The number of amides is 1. The van der Waals surface area contributed by atoms with E-state index in [4.69, 9.17) is 0 Å². The third-order valence-electron chi connectivity index (χ3n) is 5.64. The van der Waals surface area contributed by atoms with Gasteiger partial charge in [0.1, 0.15) is 5.69 Å². The zero-order valence-electron chi connectivity index (χ0n) is 16.6. The number of hydrogen-bond donors (Lipinski definition) is 0. The van der Waals surface area contributed by atoms with Gasteiger partial charge in [-0.3, -0.25) is 9.59 Å². The molecule has 0 saturated carbocycles. The topological polar surface area (TPSA) is 84.2 Å². The summed E-state index contributed by atoms with van der Waals surface area (Å²) in [5, 5.41) is 13.0. The van der Waals surface area contributed by atoms with E-state index in [1.54, 1.807) is 11.9 Å². The summed E-state index contributed by atoms with van der Waals surface area (Å²) in [4.78, 5) is 28.5. The van der Waals surface area contributed by atoms with Crippen molar-refractivity contribution >= 4 is 11.7 Å². The molecule has 3 heterocycles. The highest BCUT2D eigenvalue weighted by molar-refractivity contribution is 5.92. The highest BCUT2D eigenvalue weighted by atomic mass is 16.2. The lowest BCUT2D eigenvalue weighted by molar-refractivity contribution is 0.0695. The van der Waals surface area contributed by atoms with E-state index in [2.05, 4.69) is 26.3 Å². The molecule has 0 radical (unpaired) electrons. The van der Waals surface area contributed by atoms with Gasteiger partial charge >= 0.3 is 0 Å². The van der Waals surface area contributed by atoms with Gasteiger partial charge in [0.2, 0.25) is 0 Å². The number of nitrogens with zero attached hydrogens (tertiary/aromatic N) is 6. The molecule has 28 heavy (non-hydrogen) atoms. The molecular formula is C20H26N6O2. The van der Waals surface area contributed by atoms with Crippen molar-refractivity contribution in [1.82, 2.24) is 24.9 Å². The third-order valence-corrected chi connectivity index (χ3v) is 5.64. The fourth-order valence-electron chi connectivity index (χ4n) is 3.78. The summed E-state index contributed by atoms with van der Waals surface area (Å²) in [6.07, 6.45) is 4.50. The van der Waals surface area contributed by atoms with Crippen molar-refractivity contribution < 1.29 is 4.79 Å². The molecule has 8 nitrogen and oxygen atoms in total. The quantitative estimate of drug-likeness (QED) is 0.796. The number of hydrogen-bond acceptors (Lipinski definition) is 6. The van der Waals surface area contributed by atoms with Crippen LogP contribution < -0.4 is 10.5 Å². The summed E-state index contributed by atoms with van der Waals surface area (Å²) >= 11 is 0. The van der Waals surface area contributed by atoms with Crippen LogP contribution in [0.3, 0.4) is 0 Å². The highest BCUT2D eigenvalue weighted by Crippen LogP contribution is 2.26. The molecular weight excluding hydrogens is 356 g/mol. The van der Waals surface area contributed by atoms with E-state index >= 15 is 0 Å². The number of carbonyl (C=O) groups is 1. The molecule has 8 heteroatoms. The minimum atomic E-state index is -0.199. The monoisotopic (exact) mass is 382 g/mol. The average Bonchev–Trinajstić information content (AvgIpc) is 2.66. The molecule has 1 saturated heterocycles. The van der Waals surface area contributed by atoms with Gasteiger partial charge in [-0.1, -0.05) is 0 Å². The Morgan fingerprint density at radius 2 is 1.93 bits per heavy atom. The van der Waals surface area contributed by atoms with Crippen molar-refractivity contribution in [1.29, 1.82) is 0 Å². The van der Waals surface area contributed by atoms with E-state index in [9.17, 15) is 9.59 Å². The summed E-state index contributed by atoms with van der Waals surface area (Å²) < 4.78 is 1.34. The van der Waals surface area contributed by atoms with Crippen molar-refractivity contribution in [2.24, 2.45) is 0 Å². The van der Waals surface area contributed by atoms with Crippen molar-refractivity contribution in [3.05, 3.63) is 45.5 Å². The zero-order chi connectivity index (χ0) is 19.8. The van der Waals surface area contributed by atoms with Crippen LogP contribution in [-0.4, -0.2) is 57.0 Å². The van der Waals surface area contributed by atoms with Crippen molar-refractivity contribution in [2.45, 2.75) is 51.6 Å². The van der Waals surface area contributed by atoms with Crippen LogP contribution in [0.4, 0.5) is 5.82 Å². The predicted octanol–water partition coefficient (Wildman–Crippen LogP) is 1.45. The lowest BCUT2D eigenvalue weighted by atomic mass is 9.96. The average molecular weight is 382 g/mol.